The summed E-state index contributed by atoms with van der Waals surface area (Å²) in [5, 5.41) is -0.114. The molecule has 1 heterocycles. The summed E-state index contributed by atoms with van der Waals surface area (Å²) in [6.45, 7) is 1.95. The van der Waals surface area contributed by atoms with Crippen LogP contribution in [0, 0.1) is 17.9 Å². The van der Waals surface area contributed by atoms with Gasteiger partial charge in [0.1, 0.15) is 5.17 Å². The van der Waals surface area contributed by atoms with Crippen LogP contribution in [0.15, 0.2) is 9.98 Å². The van der Waals surface area contributed by atoms with Crippen LogP contribution in [0.4, 0.5) is 0 Å². The molecule has 0 fully saturated rings. The lowest BCUT2D eigenvalue weighted by Crippen LogP contribution is -2.21. The predicted octanol–water partition coefficient (Wildman–Crippen LogP) is 1.37. The van der Waals surface area contributed by atoms with E-state index in [1.807, 2.05) is 0 Å². The van der Waals surface area contributed by atoms with E-state index in [-0.39, 0.29) is 17.1 Å². The zero-order chi connectivity index (χ0) is 10.6. The van der Waals surface area contributed by atoms with E-state index in [0.29, 0.717) is 0 Å². The van der Waals surface area contributed by atoms with Gasteiger partial charge in [-0.2, -0.15) is 4.99 Å². The van der Waals surface area contributed by atoms with Crippen molar-refractivity contribution in [3.8, 4) is 12.0 Å². The van der Waals surface area contributed by atoms with Gasteiger partial charge in [-0.15, -0.1) is 0 Å². The maximum Gasteiger partial charge on any atom is 0.328 e. The quantitative estimate of drug-likeness (QED) is 0.411. The molecule has 1 rings (SSSR count). The predicted molar refractivity (Wildman–Crippen MR) is 54.5 cm³/mol. The molecule has 0 aromatic heterocycles. The zero-order valence-electron chi connectivity index (χ0n) is 7.25. The van der Waals surface area contributed by atoms with Gasteiger partial charge in [0.2, 0.25) is 5.29 Å². The molecule has 0 N–H and O–H groups in total. The second-order valence-electron chi connectivity index (χ2n) is 2.26. The Hall–Kier alpha value is -1.05. The molecule has 0 saturated carbocycles. The lowest BCUT2D eigenvalue weighted by Gasteiger charge is -2.05. The highest BCUT2D eigenvalue weighted by molar-refractivity contribution is 6.73. The first-order valence-electron chi connectivity index (χ1n) is 3.79. The van der Waals surface area contributed by atoms with E-state index in [4.69, 9.17) is 27.9 Å². The zero-order valence-corrected chi connectivity index (χ0v) is 8.76. The fourth-order valence-corrected chi connectivity index (χ4v) is 1.16. The van der Waals surface area contributed by atoms with Crippen LogP contribution in [-0.2, 0) is 9.53 Å². The lowest BCUT2D eigenvalue weighted by atomic mass is 10.2. The molecule has 1 atom stereocenters. The minimum Gasteiger partial charge on any atom is -0.465 e. The second-order valence-corrected chi connectivity index (χ2v) is 2.98. The number of carbonyl (C=O) groups excluding carboxylic acids is 1. The molecule has 4 nitrogen and oxygen atoms in total. The molecule has 0 amide bonds. The van der Waals surface area contributed by atoms with Crippen LogP contribution >= 0.6 is 23.2 Å². The van der Waals surface area contributed by atoms with Gasteiger partial charge in [-0.05, 0) is 18.5 Å². The average Bonchev–Trinajstić information content (AvgIpc) is 2.27. The third-order valence-electron chi connectivity index (χ3n) is 1.32. The normalized spacial score (nSPS) is 19.8. The van der Waals surface area contributed by atoms with Crippen LogP contribution in [0.2, 0.25) is 0 Å². The third-order valence-corrected chi connectivity index (χ3v) is 1.79. The minimum atomic E-state index is -0.892. The van der Waals surface area contributed by atoms with Crippen LogP contribution in [0.5, 0.6) is 0 Å². The van der Waals surface area contributed by atoms with Crippen LogP contribution in [0.25, 0.3) is 0 Å². The molecule has 0 bridgehead atoms. The van der Waals surface area contributed by atoms with Crippen LogP contribution in [0.1, 0.15) is 6.92 Å². The Labute approximate surface area is 91.0 Å². The topological polar surface area (TPSA) is 51.0 Å². The van der Waals surface area contributed by atoms with Crippen LogP contribution in [-0.4, -0.2) is 23.0 Å². The molecular formula is C8H6Cl2N2O2. The molecule has 14 heavy (non-hydrogen) atoms. The maximum atomic E-state index is 11.3. The molecule has 0 aromatic rings. The average molecular weight is 233 g/mol. The van der Waals surface area contributed by atoms with Crippen molar-refractivity contribution in [2.75, 3.05) is 6.61 Å². The van der Waals surface area contributed by atoms with Crippen molar-refractivity contribution in [3.05, 3.63) is 0 Å². The first kappa shape index (κ1) is 11.0. The van der Waals surface area contributed by atoms with Gasteiger partial charge in [0.15, 0.2) is 5.92 Å². The van der Waals surface area contributed by atoms with E-state index in [0.717, 1.165) is 0 Å². The number of aliphatic imine (C=N–C) groups is 2. The first-order valence-corrected chi connectivity index (χ1v) is 4.55. The minimum absolute atomic E-state index is 0.0257. The highest BCUT2D eigenvalue weighted by Crippen LogP contribution is 2.10. The molecule has 6 heteroatoms. The Morgan fingerprint density at radius 1 is 1.64 bits per heavy atom. The third kappa shape index (κ3) is 2.72. The monoisotopic (exact) mass is 232 g/mol. The number of hydrogen-bond donors (Lipinski definition) is 0. The number of halogens is 2. The van der Waals surface area contributed by atoms with Crippen molar-refractivity contribution >= 4 is 39.6 Å². The highest BCUT2D eigenvalue weighted by Gasteiger charge is 2.24. The van der Waals surface area contributed by atoms with Crippen LogP contribution in [0.3, 0.4) is 0 Å². The van der Waals surface area contributed by atoms with Gasteiger partial charge in [0.05, 0.1) is 6.61 Å². The van der Waals surface area contributed by atoms with E-state index < -0.39 is 11.9 Å². The molecule has 0 spiro atoms. The van der Waals surface area contributed by atoms with Crippen molar-refractivity contribution < 1.29 is 9.53 Å². The SMILES string of the molecule is CCOC(=O)C1C#CN=C(Cl)N=C1Cl. The smallest absolute Gasteiger partial charge is 0.328 e. The van der Waals surface area contributed by atoms with Crippen molar-refractivity contribution in [1.82, 2.24) is 0 Å². The van der Waals surface area contributed by atoms with Gasteiger partial charge in [-0.25, -0.2) is 4.99 Å². The van der Waals surface area contributed by atoms with E-state index in [1.54, 1.807) is 6.92 Å². The number of carbonyl (C=O) groups is 1. The molecular weight excluding hydrogens is 227 g/mol. The number of ether oxygens (including phenoxy) is 1. The molecule has 1 aliphatic heterocycles. The first-order chi connectivity index (χ1) is 6.65. The fraction of sp³-hybridized carbons (Fsp3) is 0.375. The summed E-state index contributed by atoms with van der Waals surface area (Å²) in [4.78, 5) is 18.4. The number of esters is 1. The van der Waals surface area contributed by atoms with Crippen molar-refractivity contribution in [2.24, 2.45) is 15.9 Å². The van der Waals surface area contributed by atoms with E-state index in [2.05, 4.69) is 21.9 Å². The molecule has 0 radical (unpaired) electrons. The second kappa shape index (κ2) is 4.99. The Morgan fingerprint density at radius 3 is 3.00 bits per heavy atom. The summed E-state index contributed by atoms with van der Waals surface area (Å²) in [6, 6.07) is 2.32. The number of amidine groups is 1. The Morgan fingerprint density at radius 2 is 2.36 bits per heavy atom. The molecule has 0 aliphatic carbocycles. The van der Waals surface area contributed by atoms with Crippen molar-refractivity contribution in [3.63, 3.8) is 0 Å². The summed E-state index contributed by atoms with van der Waals surface area (Å²) < 4.78 is 4.74. The van der Waals surface area contributed by atoms with Gasteiger partial charge in [-0.1, -0.05) is 17.5 Å². The van der Waals surface area contributed by atoms with Crippen molar-refractivity contribution in [2.45, 2.75) is 6.92 Å². The maximum absolute atomic E-state index is 11.3. The Kier molecular flexibility index (Phi) is 3.93. The molecule has 74 valence electrons. The van der Waals surface area contributed by atoms with E-state index >= 15 is 0 Å². The lowest BCUT2D eigenvalue weighted by molar-refractivity contribution is -0.143. The van der Waals surface area contributed by atoms with Crippen molar-refractivity contribution in [1.29, 1.82) is 0 Å². The van der Waals surface area contributed by atoms with Crippen LogP contribution < -0.4 is 0 Å². The number of hydrogen-bond acceptors (Lipinski definition) is 4. The van der Waals surface area contributed by atoms with Gasteiger partial charge < -0.3 is 4.74 Å². The Bertz CT molecular complexity index is 365. The summed E-state index contributed by atoms with van der Waals surface area (Å²) in [5.74, 6) is 1.05. The van der Waals surface area contributed by atoms with Gasteiger partial charge in [0, 0.05) is 6.04 Å². The van der Waals surface area contributed by atoms with Gasteiger partial charge in [0.25, 0.3) is 0 Å². The summed E-state index contributed by atoms with van der Waals surface area (Å²) in [5.41, 5.74) is 0. The summed E-state index contributed by atoms with van der Waals surface area (Å²) in [7, 11) is 0. The van der Waals surface area contributed by atoms with Gasteiger partial charge >= 0.3 is 5.97 Å². The fourth-order valence-electron chi connectivity index (χ4n) is 0.762. The number of rotatable bonds is 2. The largest absolute Gasteiger partial charge is 0.465 e. The van der Waals surface area contributed by atoms with E-state index in [9.17, 15) is 4.79 Å². The highest BCUT2D eigenvalue weighted by atomic mass is 35.5. The summed E-state index contributed by atoms with van der Waals surface area (Å²) in [6.07, 6.45) is 0. The molecule has 0 saturated heterocycles. The number of nitrogens with zero attached hydrogens (tertiary/aromatic N) is 2. The Balaban J connectivity index is 2.85. The van der Waals surface area contributed by atoms with Gasteiger partial charge in [-0.3, -0.25) is 4.79 Å². The molecule has 1 aliphatic rings. The molecule has 0 aromatic carbocycles. The summed E-state index contributed by atoms with van der Waals surface area (Å²) >= 11 is 11.2. The standard InChI is InChI=1S/C8H6Cl2N2O2/c1-2-14-7(13)5-3-4-11-8(10)12-6(5)9/h5H,2H2,1H3. The molecule has 1 unspecified atom stereocenters. The van der Waals surface area contributed by atoms with E-state index in [1.165, 1.54) is 0 Å².